The average molecular weight is 314 g/mol. The highest BCUT2D eigenvalue weighted by molar-refractivity contribution is 5.58. The lowest BCUT2D eigenvalue weighted by Crippen LogP contribution is -2.28. The Morgan fingerprint density at radius 2 is 2.35 bits per heavy atom. The second-order valence-corrected chi connectivity index (χ2v) is 6.35. The monoisotopic (exact) mass is 314 g/mol. The van der Waals surface area contributed by atoms with Crippen LogP contribution < -0.4 is 5.32 Å². The van der Waals surface area contributed by atoms with Crippen LogP contribution in [0.1, 0.15) is 24.1 Å². The van der Waals surface area contributed by atoms with Crippen molar-refractivity contribution in [2.75, 3.05) is 25.5 Å². The van der Waals surface area contributed by atoms with E-state index in [-0.39, 0.29) is 0 Å². The van der Waals surface area contributed by atoms with Gasteiger partial charge >= 0.3 is 0 Å². The Kier molecular flexibility index (Phi) is 3.97. The second-order valence-electron chi connectivity index (χ2n) is 6.35. The van der Waals surface area contributed by atoms with Gasteiger partial charge in [0.05, 0.1) is 30.2 Å². The van der Waals surface area contributed by atoms with Crippen molar-refractivity contribution in [2.45, 2.75) is 38.5 Å². The van der Waals surface area contributed by atoms with Crippen LogP contribution in [0, 0.1) is 0 Å². The van der Waals surface area contributed by atoms with Gasteiger partial charge in [-0.15, -0.1) is 0 Å². The molecule has 2 aromatic heterocycles. The molecule has 7 nitrogen and oxygen atoms in total. The molecule has 23 heavy (non-hydrogen) atoms. The summed E-state index contributed by atoms with van der Waals surface area (Å²) >= 11 is 0. The zero-order valence-corrected chi connectivity index (χ0v) is 13.4. The van der Waals surface area contributed by atoms with Crippen molar-refractivity contribution in [3.63, 3.8) is 0 Å². The van der Waals surface area contributed by atoms with Gasteiger partial charge in [0.1, 0.15) is 12.1 Å². The molecule has 7 heteroatoms. The van der Waals surface area contributed by atoms with Gasteiger partial charge in [0, 0.05) is 37.9 Å². The van der Waals surface area contributed by atoms with Crippen LogP contribution in [0.4, 0.5) is 11.5 Å². The number of aromatic nitrogens is 4. The van der Waals surface area contributed by atoms with Crippen LogP contribution in [-0.4, -0.2) is 51.0 Å². The largest absolute Gasteiger partial charge is 0.376 e. The van der Waals surface area contributed by atoms with Gasteiger partial charge in [-0.25, -0.2) is 9.97 Å². The minimum absolute atomic E-state index is 0.295. The van der Waals surface area contributed by atoms with Crippen molar-refractivity contribution >= 4 is 11.5 Å². The number of rotatable bonds is 4. The van der Waals surface area contributed by atoms with E-state index < -0.39 is 0 Å². The molecule has 0 radical (unpaired) electrons. The van der Waals surface area contributed by atoms with E-state index in [1.807, 2.05) is 17.1 Å². The van der Waals surface area contributed by atoms with Crippen molar-refractivity contribution in [2.24, 2.45) is 0 Å². The number of likely N-dealkylation sites (N-methyl/N-ethyl adjacent to an activating group) is 1. The van der Waals surface area contributed by atoms with E-state index in [1.54, 1.807) is 6.33 Å². The lowest BCUT2D eigenvalue weighted by molar-refractivity contribution is 0.0940. The number of fused-ring (bicyclic) bond motifs is 1. The normalized spacial score (nSPS) is 21.3. The number of nitrogens with one attached hydrogen (secondary N) is 1. The van der Waals surface area contributed by atoms with E-state index in [0.717, 1.165) is 62.7 Å². The van der Waals surface area contributed by atoms with Crippen LogP contribution in [0.25, 0.3) is 0 Å². The van der Waals surface area contributed by atoms with E-state index in [4.69, 9.17) is 4.74 Å². The molecule has 1 unspecified atom stereocenters. The summed E-state index contributed by atoms with van der Waals surface area (Å²) in [6, 6.07) is 0. The molecule has 1 saturated heterocycles. The first kappa shape index (κ1) is 14.6. The number of nitrogens with zero attached hydrogens (tertiary/aromatic N) is 5. The molecule has 1 N–H and O–H groups in total. The zero-order chi connectivity index (χ0) is 15.6. The Morgan fingerprint density at radius 3 is 3.22 bits per heavy atom. The van der Waals surface area contributed by atoms with E-state index in [1.165, 1.54) is 5.56 Å². The Bertz CT molecular complexity index is 679. The van der Waals surface area contributed by atoms with E-state index in [2.05, 4.69) is 32.3 Å². The Hall–Kier alpha value is -1.99. The van der Waals surface area contributed by atoms with Crippen LogP contribution in [0.2, 0.25) is 0 Å². The van der Waals surface area contributed by atoms with Gasteiger partial charge in [0.15, 0.2) is 0 Å². The van der Waals surface area contributed by atoms with Crippen molar-refractivity contribution in [3.05, 3.63) is 30.0 Å². The summed E-state index contributed by atoms with van der Waals surface area (Å²) in [5, 5.41) is 7.82. The molecule has 1 fully saturated rings. The molecule has 0 amide bonds. The van der Waals surface area contributed by atoms with Crippen molar-refractivity contribution in [1.82, 2.24) is 24.6 Å². The molecular formula is C16H22N6O. The van der Waals surface area contributed by atoms with Crippen molar-refractivity contribution in [3.8, 4) is 0 Å². The molecule has 0 bridgehead atoms. The number of hydrogen-bond donors (Lipinski definition) is 1. The molecule has 2 aliphatic heterocycles. The predicted molar refractivity (Wildman–Crippen MR) is 86.6 cm³/mol. The maximum absolute atomic E-state index is 5.66. The van der Waals surface area contributed by atoms with Gasteiger partial charge < -0.3 is 15.0 Å². The fourth-order valence-electron chi connectivity index (χ4n) is 3.25. The first-order valence-electron chi connectivity index (χ1n) is 8.20. The summed E-state index contributed by atoms with van der Waals surface area (Å²) in [5.74, 6) is 0.887. The molecular weight excluding hydrogens is 292 g/mol. The van der Waals surface area contributed by atoms with Gasteiger partial charge in [-0.05, 0) is 19.9 Å². The first-order chi connectivity index (χ1) is 11.3. The van der Waals surface area contributed by atoms with Crippen molar-refractivity contribution in [1.29, 1.82) is 0 Å². The van der Waals surface area contributed by atoms with Gasteiger partial charge in [-0.3, -0.25) is 4.68 Å². The number of ether oxygens (including phenoxy) is 1. The van der Waals surface area contributed by atoms with Gasteiger partial charge in [0.2, 0.25) is 0 Å². The fourth-order valence-corrected chi connectivity index (χ4v) is 3.25. The van der Waals surface area contributed by atoms with E-state index >= 15 is 0 Å². The molecule has 2 aromatic rings. The molecule has 0 saturated carbocycles. The van der Waals surface area contributed by atoms with Gasteiger partial charge in [-0.1, -0.05) is 0 Å². The highest BCUT2D eigenvalue weighted by Gasteiger charge is 2.19. The average Bonchev–Trinajstić information content (AvgIpc) is 3.21. The standard InChI is InChI=1S/C16H22N6O/c1-21-5-4-15-14(10-21)16(18-11-17-15)20-12-7-19-22(8-12)9-13-3-2-6-23-13/h7-8,11,13H,2-6,9-10H2,1H3,(H,17,18,20). The molecule has 122 valence electrons. The zero-order valence-electron chi connectivity index (χ0n) is 13.4. The Balaban J connectivity index is 1.49. The molecule has 0 aliphatic carbocycles. The summed E-state index contributed by atoms with van der Waals surface area (Å²) < 4.78 is 7.61. The van der Waals surface area contributed by atoms with E-state index in [0.29, 0.717) is 6.10 Å². The van der Waals surface area contributed by atoms with Gasteiger partial charge in [-0.2, -0.15) is 5.10 Å². The molecule has 4 heterocycles. The Labute approximate surface area is 135 Å². The van der Waals surface area contributed by atoms with Gasteiger partial charge in [0.25, 0.3) is 0 Å². The summed E-state index contributed by atoms with van der Waals surface area (Å²) in [4.78, 5) is 11.1. The number of hydrogen-bond acceptors (Lipinski definition) is 6. The Morgan fingerprint density at radius 1 is 1.39 bits per heavy atom. The van der Waals surface area contributed by atoms with Crippen LogP contribution in [-0.2, 0) is 24.2 Å². The minimum Gasteiger partial charge on any atom is -0.376 e. The first-order valence-corrected chi connectivity index (χ1v) is 8.20. The second kappa shape index (κ2) is 6.25. The molecule has 2 aliphatic rings. The SMILES string of the molecule is CN1CCc2ncnc(Nc3cnn(CC4CCCO4)c3)c2C1. The smallest absolute Gasteiger partial charge is 0.138 e. The van der Waals surface area contributed by atoms with Crippen LogP contribution in [0.5, 0.6) is 0 Å². The van der Waals surface area contributed by atoms with Crippen LogP contribution in [0.3, 0.4) is 0 Å². The predicted octanol–water partition coefficient (Wildman–Crippen LogP) is 1.58. The molecule has 1 atom stereocenters. The summed E-state index contributed by atoms with van der Waals surface area (Å²) in [6.07, 6.45) is 9.04. The third kappa shape index (κ3) is 3.20. The van der Waals surface area contributed by atoms with Crippen molar-refractivity contribution < 1.29 is 4.74 Å². The third-order valence-electron chi connectivity index (χ3n) is 4.50. The third-order valence-corrected chi connectivity index (χ3v) is 4.50. The summed E-state index contributed by atoms with van der Waals surface area (Å²) in [5.41, 5.74) is 3.29. The topological polar surface area (TPSA) is 68.1 Å². The summed E-state index contributed by atoms with van der Waals surface area (Å²) in [6.45, 7) is 3.61. The highest BCUT2D eigenvalue weighted by Crippen LogP contribution is 2.25. The quantitative estimate of drug-likeness (QED) is 0.924. The van der Waals surface area contributed by atoms with Crippen LogP contribution in [0.15, 0.2) is 18.7 Å². The maximum Gasteiger partial charge on any atom is 0.138 e. The number of anilines is 2. The maximum atomic E-state index is 5.66. The molecule has 0 aromatic carbocycles. The molecule has 0 spiro atoms. The summed E-state index contributed by atoms with van der Waals surface area (Å²) in [7, 11) is 2.12. The minimum atomic E-state index is 0.295. The van der Waals surface area contributed by atoms with E-state index in [9.17, 15) is 0 Å². The lowest BCUT2D eigenvalue weighted by atomic mass is 10.1. The van der Waals surface area contributed by atoms with Crippen LogP contribution >= 0.6 is 0 Å². The molecule has 4 rings (SSSR count). The fraction of sp³-hybridized carbons (Fsp3) is 0.562. The lowest BCUT2D eigenvalue weighted by Gasteiger charge is -2.25. The highest BCUT2D eigenvalue weighted by atomic mass is 16.5.